The highest BCUT2D eigenvalue weighted by Gasteiger charge is 2.30. The van der Waals surface area contributed by atoms with E-state index in [1.165, 1.54) is 6.20 Å². The molecule has 0 bridgehead atoms. The van der Waals surface area contributed by atoms with Crippen molar-refractivity contribution in [2.45, 2.75) is 25.1 Å². The van der Waals surface area contributed by atoms with Gasteiger partial charge in [0.1, 0.15) is 5.82 Å². The quantitative estimate of drug-likeness (QED) is 0.758. The Morgan fingerprint density at radius 1 is 1.54 bits per heavy atom. The van der Waals surface area contributed by atoms with Gasteiger partial charge in [-0.3, -0.25) is 0 Å². The number of nitrogens with one attached hydrogen (secondary N) is 1. The second-order valence-electron chi connectivity index (χ2n) is 2.82. The zero-order valence-corrected chi connectivity index (χ0v) is 6.80. The first-order chi connectivity index (χ1) is 5.97. The summed E-state index contributed by atoms with van der Waals surface area (Å²) in [6.45, 7) is 0. The molecular formula is C7H10F3N3. The molecule has 1 rings (SSSR count). The molecular weight excluding hydrogens is 183 g/mol. The van der Waals surface area contributed by atoms with E-state index in [-0.39, 0.29) is 6.42 Å². The number of aromatic amines is 1. The summed E-state index contributed by atoms with van der Waals surface area (Å²) in [7, 11) is 0. The van der Waals surface area contributed by atoms with Crippen LogP contribution in [0.5, 0.6) is 0 Å². The molecule has 1 atom stereocenters. The first-order valence-electron chi connectivity index (χ1n) is 3.78. The first kappa shape index (κ1) is 10.0. The Labute approximate surface area is 73.2 Å². The van der Waals surface area contributed by atoms with Gasteiger partial charge in [-0.05, 0) is 0 Å². The molecule has 0 fully saturated rings. The van der Waals surface area contributed by atoms with E-state index in [1.807, 2.05) is 0 Å². The minimum atomic E-state index is -4.20. The maximum atomic E-state index is 11.8. The van der Waals surface area contributed by atoms with Crippen LogP contribution in [-0.4, -0.2) is 22.2 Å². The summed E-state index contributed by atoms with van der Waals surface area (Å²) in [5.41, 5.74) is 5.27. The third kappa shape index (κ3) is 3.93. The van der Waals surface area contributed by atoms with Crippen LogP contribution < -0.4 is 5.73 Å². The third-order valence-electron chi connectivity index (χ3n) is 1.50. The average Bonchev–Trinajstić information content (AvgIpc) is 2.34. The van der Waals surface area contributed by atoms with Gasteiger partial charge in [-0.15, -0.1) is 0 Å². The van der Waals surface area contributed by atoms with Crippen molar-refractivity contribution in [2.24, 2.45) is 5.73 Å². The van der Waals surface area contributed by atoms with Gasteiger partial charge in [0.05, 0.1) is 6.42 Å². The van der Waals surface area contributed by atoms with Crippen LogP contribution in [0.25, 0.3) is 0 Å². The van der Waals surface area contributed by atoms with Crippen molar-refractivity contribution < 1.29 is 13.2 Å². The lowest BCUT2D eigenvalue weighted by Crippen LogP contribution is -2.29. The maximum Gasteiger partial charge on any atom is 0.390 e. The molecule has 0 amide bonds. The minimum Gasteiger partial charge on any atom is -0.349 e. The largest absolute Gasteiger partial charge is 0.390 e. The Kier molecular flexibility index (Phi) is 2.92. The number of rotatable bonds is 3. The molecule has 0 saturated carbocycles. The summed E-state index contributed by atoms with van der Waals surface area (Å²) >= 11 is 0. The van der Waals surface area contributed by atoms with Crippen molar-refractivity contribution in [1.29, 1.82) is 0 Å². The van der Waals surface area contributed by atoms with Gasteiger partial charge < -0.3 is 10.7 Å². The Balaban J connectivity index is 2.38. The SMILES string of the molecule is NC(Cc1ncc[nH]1)CC(F)(F)F. The van der Waals surface area contributed by atoms with Gasteiger partial charge in [-0.2, -0.15) is 13.2 Å². The summed E-state index contributed by atoms with van der Waals surface area (Å²) in [5, 5.41) is 0. The van der Waals surface area contributed by atoms with Crippen LogP contribution in [0.1, 0.15) is 12.2 Å². The number of nitrogens with two attached hydrogens (primary N) is 1. The van der Waals surface area contributed by atoms with E-state index < -0.39 is 18.6 Å². The van der Waals surface area contributed by atoms with Crippen LogP contribution in [0.4, 0.5) is 13.2 Å². The number of halogens is 3. The predicted molar refractivity (Wildman–Crippen MR) is 40.9 cm³/mol. The summed E-state index contributed by atoms with van der Waals surface area (Å²) in [6.07, 6.45) is -2.03. The van der Waals surface area contributed by atoms with E-state index in [0.29, 0.717) is 5.82 Å². The van der Waals surface area contributed by atoms with Crippen molar-refractivity contribution in [1.82, 2.24) is 9.97 Å². The Morgan fingerprint density at radius 2 is 2.23 bits per heavy atom. The second-order valence-corrected chi connectivity index (χ2v) is 2.82. The molecule has 3 nitrogen and oxygen atoms in total. The molecule has 1 aromatic heterocycles. The second kappa shape index (κ2) is 3.78. The topological polar surface area (TPSA) is 54.7 Å². The van der Waals surface area contributed by atoms with Gasteiger partial charge >= 0.3 is 6.18 Å². The highest BCUT2D eigenvalue weighted by molar-refractivity contribution is 4.90. The van der Waals surface area contributed by atoms with Crippen LogP contribution >= 0.6 is 0 Å². The van der Waals surface area contributed by atoms with Crippen molar-refractivity contribution in [3.8, 4) is 0 Å². The number of aromatic nitrogens is 2. The number of nitrogens with zero attached hydrogens (tertiary/aromatic N) is 1. The van der Waals surface area contributed by atoms with Gasteiger partial charge in [0.25, 0.3) is 0 Å². The van der Waals surface area contributed by atoms with Crippen LogP contribution in [0.15, 0.2) is 12.4 Å². The maximum absolute atomic E-state index is 11.8. The molecule has 6 heteroatoms. The van der Waals surface area contributed by atoms with E-state index in [2.05, 4.69) is 9.97 Å². The number of imidazole rings is 1. The molecule has 0 saturated heterocycles. The Bertz CT molecular complexity index is 242. The number of hydrogen-bond acceptors (Lipinski definition) is 2. The normalized spacial score (nSPS) is 14.5. The number of alkyl halides is 3. The minimum absolute atomic E-state index is 0.118. The first-order valence-corrected chi connectivity index (χ1v) is 3.78. The molecule has 13 heavy (non-hydrogen) atoms. The molecule has 0 spiro atoms. The van der Waals surface area contributed by atoms with Crippen LogP contribution in [-0.2, 0) is 6.42 Å². The van der Waals surface area contributed by atoms with E-state index in [4.69, 9.17) is 5.73 Å². The average molecular weight is 193 g/mol. The molecule has 0 aliphatic rings. The van der Waals surface area contributed by atoms with Crippen molar-refractivity contribution in [3.05, 3.63) is 18.2 Å². The number of hydrogen-bond donors (Lipinski definition) is 2. The third-order valence-corrected chi connectivity index (χ3v) is 1.50. The highest BCUT2D eigenvalue weighted by Crippen LogP contribution is 2.21. The molecule has 3 N–H and O–H groups in total. The molecule has 0 aliphatic heterocycles. The fourth-order valence-corrected chi connectivity index (χ4v) is 1.03. The lowest BCUT2D eigenvalue weighted by Gasteiger charge is -2.12. The predicted octanol–water partition coefficient (Wildman–Crippen LogP) is 1.23. The van der Waals surface area contributed by atoms with Crippen molar-refractivity contribution >= 4 is 0 Å². The fraction of sp³-hybridized carbons (Fsp3) is 0.571. The van der Waals surface area contributed by atoms with Crippen molar-refractivity contribution in [3.63, 3.8) is 0 Å². The Morgan fingerprint density at radius 3 is 2.69 bits per heavy atom. The van der Waals surface area contributed by atoms with E-state index in [0.717, 1.165) is 0 Å². The zero-order valence-electron chi connectivity index (χ0n) is 6.80. The lowest BCUT2D eigenvalue weighted by molar-refractivity contribution is -0.138. The Hall–Kier alpha value is -1.04. The van der Waals surface area contributed by atoms with Crippen LogP contribution in [0.2, 0.25) is 0 Å². The van der Waals surface area contributed by atoms with Gasteiger partial charge in [0, 0.05) is 24.9 Å². The summed E-state index contributed by atoms with van der Waals surface area (Å²) < 4.78 is 35.5. The monoisotopic (exact) mass is 193 g/mol. The van der Waals surface area contributed by atoms with Crippen LogP contribution in [0.3, 0.4) is 0 Å². The molecule has 0 aliphatic carbocycles. The molecule has 0 aromatic carbocycles. The van der Waals surface area contributed by atoms with Gasteiger partial charge in [-0.25, -0.2) is 4.98 Å². The summed E-state index contributed by atoms with van der Waals surface area (Å²) in [6, 6.07) is -0.925. The lowest BCUT2D eigenvalue weighted by atomic mass is 10.1. The highest BCUT2D eigenvalue weighted by atomic mass is 19.4. The van der Waals surface area contributed by atoms with Gasteiger partial charge in [-0.1, -0.05) is 0 Å². The molecule has 74 valence electrons. The molecule has 1 heterocycles. The van der Waals surface area contributed by atoms with E-state index in [1.54, 1.807) is 6.20 Å². The smallest absolute Gasteiger partial charge is 0.349 e. The fourth-order valence-electron chi connectivity index (χ4n) is 1.03. The standard InChI is InChI=1S/C7H10F3N3/c8-7(9,10)4-5(11)3-6-12-1-2-13-6/h1-2,5H,3-4,11H2,(H,12,13). The molecule has 0 radical (unpaired) electrons. The molecule has 1 unspecified atom stereocenters. The van der Waals surface area contributed by atoms with Crippen molar-refractivity contribution in [2.75, 3.05) is 0 Å². The van der Waals surface area contributed by atoms with Crippen LogP contribution in [0, 0.1) is 0 Å². The summed E-state index contributed by atoms with van der Waals surface area (Å²) in [5.74, 6) is 0.483. The van der Waals surface area contributed by atoms with E-state index >= 15 is 0 Å². The van der Waals surface area contributed by atoms with Gasteiger partial charge in [0.2, 0.25) is 0 Å². The van der Waals surface area contributed by atoms with E-state index in [9.17, 15) is 13.2 Å². The summed E-state index contributed by atoms with van der Waals surface area (Å²) in [4.78, 5) is 6.48. The zero-order chi connectivity index (χ0) is 9.90. The van der Waals surface area contributed by atoms with Gasteiger partial charge in [0.15, 0.2) is 0 Å². The number of H-pyrrole nitrogens is 1. The molecule has 1 aromatic rings.